The molecule has 59 heavy (non-hydrogen) atoms. The minimum absolute atomic E-state index is 0.182. The average Bonchev–Trinajstić information content (AvgIpc) is 3.93. The number of rotatable bonds is 3. The zero-order valence-electron chi connectivity index (χ0n) is 32.6. The van der Waals surface area contributed by atoms with Gasteiger partial charge in [0.15, 0.2) is 0 Å². The maximum atomic E-state index is 6.81. The van der Waals surface area contributed by atoms with Crippen molar-refractivity contribution in [1.29, 1.82) is 0 Å². The van der Waals surface area contributed by atoms with E-state index in [9.17, 15) is 0 Å². The van der Waals surface area contributed by atoms with Gasteiger partial charge in [-0.25, -0.2) is 0 Å². The van der Waals surface area contributed by atoms with Gasteiger partial charge in [0.25, 0.3) is 0 Å². The van der Waals surface area contributed by atoms with E-state index in [2.05, 4.69) is 196 Å². The summed E-state index contributed by atoms with van der Waals surface area (Å²) in [6.45, 7) is 4.75. The van der Waals surface area contributed by atoms with Crippen molar-refractivity contribution in [1.82, 2.24) is 0 Å². The van der Waals surface area contributed by atoms with Gasteiger partial charge in [-0.1, -0.05) is 166 Å². The Balaban J connectivity index is 0.979. The van der Waals surface area contributed by atoms with Crippen LogP contribution >= 0.6 is 0 Å². The van der Waals surface area contributed by atoms with Gasteiger partial charge in [0.05, 0.1) is 0 Å². The van der Waals surface area contributed by atoms with E-state index < -0.39 is 0 Å². The van der Waals surface area contributed by atoms with Gasteiger partial charge >= 0.3 is 0 Å². The van der Waals surface area contributed by atoms with Crippen molar-refractivity contribution < 1.29 is 8.83 Å². The average molecular weight is 753 g/mol. The van der Waals surface area contributed by atoms with Crippen LogP contribution in [0.2, 0.25) is 0 Å². The predicted octanol–water partition coefficient (Wildman–Crippen LogP) is 16.3. The van der Waals surface area contributed by atoms with E-state index in [1.807, 2.05) is 0 Å². The van der Waals surface area contributed by atoms with Gasteiger partial charge in [-0.3, -0.25) is 0 Å². The van der Waals surface area contributed by atoms with Crippen LogP contribution in [0.3, 0.4) is 0 Å². The fourth-order valence-corrected chi connectivity index (χ4v) is 10.5. The van der Waals surface area contributed by atoms with Gasteiger partial charge in [-0.15, -0.1) is 0 Å². The molecule has 0 spiro atoms. The zero-order chi connectivity index (χ0) is 39.0. The lowest BCUT2D eigenvalue weighted by atomic mass is 9.80. The molecule has 0 saturated heterocycles. The number of fused-ring (bicyclic) bond motifs is 14. The molecule has 2 aromatic heterocycles. The molecular formula is C57H36O2. The fourth-order valence-electron chi connectivity index (χ4n) is 10.5. The highest BCUT2D eigenvalue weighted by atomic mass is 16.3. The predicted molar refractivity (Wildman–Crippen MR) is 247 cm³/mol. The normalized spacial score (nSPS) is 13.4. The smallest absolute Gasteiger partial charge is 0.143 e. The van der Waals surface area contributed by atoms with Crippen LogP contribution < -0.4 is 0 Å². The topological polar surface area (TPSA) is 26.3 Å². The Morgan fingerprint density at radius 1 is 0.339 bits per heavy atom. The first-order valence-electron chi connectivity index (χ1n) is 20.5. The Labute approximate surface area is 340 Å². The third-order valence-electron chi connectivity index (χ3n) is 13.3. The van der Waals surface area contributed by atoms with Gasteiger partial charge in [-0.2, -0.15) is 0 Å². The lowest BCUT2D eigenvalue weighted by Gasteiger charge is -2.23. The first-order chi connectivity index (χ1) is 29.0. The van der Waals surface area contributed by atoms with Crippen LogP contribution in [0.1, 0.15) is 25.0 Å². The second-order valence-corrected chi connectivity index (χ2v) is 16.7. The van der Waals surface area contributed by atoms with E-state index >= 15 is 0 Å². The summed E-state index contributed by atoms with van der Waals surface area (Å²) in [5.74, 6) is 0. The van der Waals surface area contributed by atoms with Crippen LogP contribution in [0.25, 0.3) is 121 Å². The van der Waals surface area contributed by atoms with Gasteiger partial charge in [-0.05, 0) is 107 Å². The summed E-state index contributed by atoms with van der Waals surface area (Å²) in [4.78, 5) is 0. The number of hydrogen-bond donors (Lipinski definition) is 0. The summed E-state index contributed by atoms with van der Waals surface area (Å²) in [5, 5.41) is 11.8. The molecule has 0 atom stereocenters. The van der Waals surface area contributed by atoms with Crippen LogP contribution in [-0.4, -0.2) is 0 Å². The Bertz CT molecular complexity index is 3690. The Morgan fingerprint density at radius 2 is 0.915 bits per heavy atom. The number of furan rings is 2. The van der Waals surface area contributed by atoms with Crippen LogP contribution in [0.15, 0.2) is 191 Å². The minimum Gasteiger partial charge on any atom is -0.455 e. The van der Waals surface area contributed by atoms with Crippen molar-refractivity contribution >= 4 is 76.2 Å². The summed E-state index contributed by atoms with van der Waals surface area (Å²) in [6.07, 6.45) is 0. The molecule has 0 unspecified atom stereocenters. The summed E-state index contributed by atoms with van der Waals surface area (Å²) in [5.41, 5.74) is 16.0. The second-order valence-electron chi connectivity index (χ2n) is 16.7. The molecule has 0 bridgehead atoms. The first-order valence-corrected chi connectivity index (χ1v) is 20.5. The molecule has 12 aromatic rings. The van der Waals surface area contributed by atoms with E-state index in [0.29, 0.717) is 0 Å². The number of benzene rings is 10. The van der Waals surface area contributed by atoms with E-state index in [1.54, 1.807) is 0 Å². The van der Waals surface area contributed by atoms with E-state index in [0.717, 1.165) is 60.4 Å². The van der Waals surface area contributed by atoms with Crippen LogP contribution in [0.5, 0.6) is 0 Å². The quantitative estimate of drug-likeness (QED) is 0.168. The number of hydrogen-bond acceptors (Lipinski definition) is 2. The molecule has 276 valence electrons. The van der Waals surface area contributed by atoms with E-state index in [-0.39, 0.29) is 5.41 Å². The zero-order valence-corrected chi connectivity index (χ0v) is 32.6. The third kappa shape index (κ3) is 4.46. The summed E-state index contributed by atoms with van der Waals surface area (Å²) >= 11 is 0. The molecule has 10 aromatic carbocycles. The lowest BCUT2D eigenvalue weighted by molar-refractivity contribution is 0.660. The molecular weight excluding hydrogens is 717 g/mol. The highest BCUT2D eigenvalue weighted by molar-refractivity contribution is 6.29. The summed E-state index contributed by atoms with van der Waals surface area (Å²) < 4.78 is 13.4. The van der Waals surface area contributed by atoms with E-state index in [4.69, 9.17) is 8.83 Å². The highest BCUT2D eigenvalue weighted by Crippen LogP contribution is 2.53. The monoisotopic (exact) mass is 752 g/mol. The van der Waals surface area contributed by atoms with Gasteiger partial charge in [0, 0.05) is 37.9 Å². The molecule has 0 saturated carbocycles. The van der Waals surface area contributed by atoms with Crippen LogP contribution in [0.4, 0.5) is 0 Å². The Morgan fingerprint density at radius 3 is 1.63 bits per heavy atom. The van der Waals surface area contributed by atoms with Gasteiger partial charge in [0.1, 0.15) is 22.3 Å². The third-order valence-corrected chi connectivity index (χ3v) is 13.3. The van der Waals surface area contributed by atoms with Crippen molar-refractivity contribution in [2.75, 3.05) is 0 Å². The molecule has 0 fully saturated rings. The lowest BCUT2D eigenvalue weighted by Crippen LogP contribution is -2.15. The van der Waals surface area contributed by atoms with Crippen molar-refractivity contribution in [2.45, 2.75) is 19.3 Å². The van der Waals surface area contributed by atoms with Gasteiger partial charge < -0.3 is 8.83 Å². The SMILES string of the molecule is CC1(C)c2ccc(-c3cccc4c3oc3ccc5oc6c7ccccc7ccc6c5c34)cc2-c2ccc(-c3c4ccccc4c(-c4ccccc4)c4ccccc34)cc21. The van der Waals surface area contributed by atoms with Crippen molar-refractivity contribution in [2.24, 2.45) is 0 Å². The number of para-hydroxylation sites is 1. The Kier molecular flexibility index (Phi) is 6.54. The second kappa shape index (κ2) is 11.8. The van der Waals surface area contributed by atoms with Crippen molar-refractivity contribution in [3.8, 4) is 44.5 Å². The molecule has 1 aliphatic carbocycles. The first kappa shape index (κ1) is 32.6. The highest BCUT2D eigenvalue weighted by Gasteiger charge is 2.36. The minimum atomic E-state index is -0.182. The fraction of sp³-hybridized carbons (Fsp3) is 0.0526. The molecule has 0 N–H and O–H groups in total. The molecule has 2 nitrogen and oxygen atoms in total. The maximum absolute atomic E-state index is 6.81. The molecule has 2 heteroatoms. The molecule has 0 radical (unpaired) electrons. The van der Waals surface area contributed by atoms with Crippen molar-refractivity contribution in [3.05, 3.63) is 193 Å². The molecule has 0 aliphatic heterocycles. The van der Waals surface area contributed by atoms with E-state index in [1.165, 1.54) is 71.4 Å². The summed E-state index contributed by atoms with van der Waals surface area (Å²) in [7, 11) is 0. The largest absolute Gasteiger partial charge is 0.455 e. The van der Waals surface area contributed by atoms with Crippen LogP contribution in [-0.2, 0) is 5.41 Å². The molecule has 1 aliphatic rings. The molecule has 0 amide bonds. The standard InChI is InChI=1S/C57H36O2/c1-57(2)47-28-25-35(38-21-12-22-44-53-49(59-56(38)44)29-30-50-54(53)45-27-23-33-13-6-7-16-37(33)55(45)58-50)31-46(47)39-26-24-36(32-48(39)57)52-42-19-10-8-17-40(42)51(34-14-4-3-5-15-34)41-18-9-11-20-43(41)52/h3-32H,1-2H3. The van der Waals surface area contributed by atoms with Gasteiger partial charge in [0.2, 0.25) is 0 Å². The molecule has 2 heterocycles. The molecule has 13 rings (SSSR count). The maximum Gasteiger partial charge on any atom is 0.143 e. The van der Waals surface area contributed by atoms with Crippen LogP contribution in [0, 0.1) is 0 Å². The van der Waals surface area contributed by atoms with Crippen molar-refractivity contribution in [3.63, 3.8) is 0 Å². The summed E-state index contributed by atoms with van der Waals surface area (Å²) in [6, 6.07) is 66.4. The Hall–Kier alpha value is -7.42.